The molecule has 1 aliphatic rings. The summed E-state index contributed by atoms with van der Waals surface area (Å²) in [6.45, 7) is 7.05. The quantitative estimate of drug-likeness (QED) is 0.441. The summed E-state index contributed by atoms with van der Waals surface area (Å²) in [4.78, 5) is 11.6. The lowest BCUT2D eigenvalue weighted by Crippen LogP contribution is -2.53. The van der Waals surface area contributed by atoms with Gasteiger partial charge in [0.2, 0.25) is 0 Å². The molecule has 7 nitrogen and oxygen atoms in total. The molecule has 35 heavy (non-hydrogen) atoms. The Morgan fingerprint density at radius 1 is 1.17 bits per heavy atom. The lowest BCUT2D eigenvalue weighted by molar-refractivity contribution is 0.139. The minimum Gasteiger partial charge on any atom is -0.507 e. The van der Waals surface area contributed by atoms with E-state index in [9.17, 15) is 13.7 Å². The van der Waals surface area contributed by atoms with E-state index >= 15 is 0 Å². The van der Waals surface area contributed by atoms with Crippen molar-refractivity contribution in [3.8, 4) is 17.0 Å². The second kappa shape index (κ2) is 11.3. The Bertz CT molecular complexity index is 1210. The molecule has 0 bridgehead atoms. The molecule has 4 N–H and O–H groups in total. The number of aromatic nitrogens is 2. The van der Waals surface area contributed by atoms with Crippen LogP contribution >= 0.6 is 0 Å². The SMILES string of the molecule is C[C@H]1CN(Cc2ccc(F)c(-c3ccnc(CCCc4ccc(S(N)=O)c(O)c4)n3)c2)[C@@H](C)CN1. The van der Waals surface area contributed by atoms with E-state index < -0.39 is 11.0 Å². The Morgan fingerprint density at radius 2 is 1.97 bits per heavy atom. The van der Waals surface area contributed by atoms with Gasteiger partial charge in [0.25, 0.3) is 0 Å². The van der Waals surface area contributed by atoms with Crippen LogP contribution in [0, 0.1) is 5.82 Å². The Balaban J connectivity index is 1.43. The largest absolute Gasteiger partial charge is 0.507 e. The molecule has 0 radical (unpaired) electrons. The van der Waals surface area contributed by atoms with Crippen LogP contribution in [0.5, 0.6) is 5.75 Å². The number of hydrogen-bond acceptors (Lipinski definition) is 6. The van der Waals surface area contributed by atoms with E-state index in [1.54, 1.807) is 30.5 Å². The van der Waals surface area contributed by atoms with E-state index in [0.29, 0.717) is 42.0 Å². The van der Waals surface area contributed by atoms with Crippen molar-refractivity contribution >= 4 is 11.0 Å². The van der Waals surface area contributed by atoms with Gasteiger partial charge in [-0.2, -0.15) is 0 Å². The molecule has 0 amide bonds. The van der Waals surface area contributed by atoms with Crippen LogP contribution in [0.1, 0.15) is 37.2 Å². The molecule has 1 aliphatic heterocycles. The van der Waals surface area contributed by atoms with Crippen molar-refractivity contribution in [3.63, 3.8) is 0 Å². The molecule has 0 saturated carbocycles. The Hall–Kier alpha value is -2.72. The fourth-order valence-electron chi connectivity index (χ4n) is 4.43. The van der Waals surface area contributed by atoms with Gasteiger partial charge in [0.15, 0.2) is 0 Å². The Morgan fingerprint density at radius 3 is 2.74 bits per heavy atom. The van der Waals surface area contributed by atoms with Crippen molar-refractivity contribution in [1.82, 2.24) is 20.2 Å². The average Bonchev–Trinajstić information content (AvgIpc) is 2.82. The topological polar surface area (TPSA) is 104 Å². The fraction of sp³-hybridized carbons (Fsp3) is 0.385. The summed E-state index contributed by atoms with van der Waals surface area (Å²) in [6.07, 6.45) is 3.71. The fourth-order valence-corrected chi connectivity index (χ4v) is 4.90. The first kappa shape index (κ1) is 25.4. The highest BCUT2D eigenvalue weighted by Crippen LogP contribution is 2.25. The number of rotatable bonds is 8. The van der Waals surface area contributed by atoms with Crippen molar-refractivity contribution in [2.24, 2.45) is 5.14 Å². The second-order valence-corrected chi connectivity index (χ2v) is 10.2. The molecule has 0 aliphatic carbocycles. The maximum Gasteiger partial charge on any atom is 0.133 e. The Labute approximate surface area is 208 Å². The molecular formula is C26H32FN5O2S. The van der Waals surface area contributed by atoms with Gasteiger partial charge in [-0.15, -0.1) is 0 Å². The third-order valence-corrected chi connectivity index (χ3v) is 7.18. The molecule has 9 heteroatoms. The number of phenolic OH excluding ortho intramolecular Hbond substituents is 1. The summed E-state index contributed by atoms with van der Waals surface area (Å²) < 4.78 is 26.1. The summed E-state index contributed by atoms with van der Waals surface area (Å²) in [5.41, 5.74) is 3.02. The van der Waals surface area contributed by atoms with Crippen molar-refractivity contribution in [2.45, 2.75) is 56.6 Å². The van der Waals surface area contributed by atoms with Gasteiger partial charge in [0, 0.05) is 49.9 Å². The highest BCUT2D eigenvalue weighted by molar-refractivity contribution is 7.82. The number of halogens is 1. The van der Waals surface area contributed by atoms with E-state index in [2.05, 4.69) is 34.0 Å². The first-order chi connectivity index (χ1) is 16.8. The number of nitrogens with one attached hydrogen (secondary N) is 1. The molecule has 3 atom stereocenters. The molecule has 1 saturated heterocycles. The van der Waals surface area contributed by atoms with Crippen molar-refractivity contribution in [3.05, 3.63) is 71.4 Å². The lowest BCUT2D eigenvalue weighted by Gasteiger charge is -2.37. The van der Waals surface area contributed by atoms with Crippen LogP contribution < -0.4 is 10.5 Å². The molecule has 2 aromatic carbocycles. The standard InChI is InChI=1S/C26H32FN5O2S/c1-17-15-32(18(2)14-30-17)16-20-6-8-22(27)21(12-20)23-10-11-29-26(31-23)5-3-4-19-7-9-25(35(28)34)24(33)13-19/h6-13,17-18,30,33H,3-5,14-16,28H2,1-2H3/t17-,18-,35?/m0/s1. The van der Waals surface area contributed by atoms with Crippen LogP contribution in [-0.2, 0) is 30.4 Å². The van der Waals surface area contributed by atoms with E-state index in [1.165, 1.54) is 6.07 Å². The average molecular weight is 498 g/mol. The first-order valence-electron chi connectivity index (χ1n) is 11.9. The zero-order valence-corrected chi connectivity index (χ0v) is 20.9. The van der Waals surface area contributed by atoms with Gasteiger partial charge in [-0.1, -0.05) is 12.1 Å². The molecular weight excluding hydrogens is 465 g/mol. The predicted octanol–water partition coefficient (Wildman–Crippen LogP) is 3.33. The maximum absolute atomic E-state index is 14.8. The molecule has 1 fully saturated rings. The van der Waals surface area contributed by atoms with Gasteiger partial charge in [-0.3, -0.25) is 4.90 Å². The molecule has 4 rings (SSSR count). The van der Waals surface area contributed by atoms with Gasteiger partial charge in [-0.25, -0.2) is 23.7 Å². The zero-order chi connectivity index (χ0) is 24.9. The van der Waals surface area contributed by atoms with Gasteiger partial charge in [-0.05, 0) is 68.1 Å². The van der Waals surface area contributed by atoms with Crippen molar-refractivity contribution < 1.29 is 13.7 Å². The molecule has 0 spiro atoms. The van der Waals surface area contributed by atoms with E-state index in [0.717, 1.165) is 37.2 Å². The van der Waals surface area contributed by atoms with Crippen LogP contribution in [0.3, 0.4) is 0 Å². The number of benzene rings is 2. The summed E-state index contributed by atoms with van der Waals surface area (Å²) in [6, 6.07) is 12.8. The summed E-state index contributed by atoms with van der Waals surface area (Å²) in [7, 11) is -1.72. The van der Waals surface area contributed by atoms with Gasteiger partial charge in [0.05, 0.1) is 10.6 Å². The van der Waals surface area contributed by atoms with E-state index in [4.69, 9.17) is 5.14 Å². The first-order valence-corrected chi connectivity index (χ1v) is 13.1. The molecule has 1 unspecified atom stereocenters. The highest BCUT2D eigenvalue weighted by Gasteiger charge is 2.22. The lowest BCUT2D eigenvalue weighted by atomic mass is 10.0. The zero-order valence-electron chi connectivity index (χ0n) is 20.1. The number of aryl methyl sites for hydroxylation is 2. The van der Waals surface area contributed by atoms with Crippen LogP contribution in [0.15, 0.2) is 53.6 Å². The summed E-state index contributed by atoms with van der Waals surface area (Å²) in [5, 5.41) is 18.8. The van der Waals surface area contributed by atoms with Crippen LogP contribution in [-0.4, -0.2) is 49.4 Å². The normalized spacial score (nSPS) is 19.5. The number of piperazine rings is 1. The van der Waals surface area contributed by atoms with Crippen molar-refractivity contribution in [1.29, 1.82) is 0 Å². The predicted molar refractivity (Wildman–Crippen MR) is 135 cm³/mol. The molecule has 2 heterocycles. The molecule has 3 aromatic rings. The second-order valence-electron chi connectivity index (χ2n) is 9.21. The van der Waals surface area contributed by atoms with Gasteiger partial charge >= 0.3 is 0 Å². The third kappa shape index (κ3) is 6.49. The van der Waals surface area contributed by atoms with Crippen LogP contribution in [0.25, 0.3) is 11.3 Å². The maximum atomic E-state index is 14.8. The monoisotopic (exact) mass is 497 g/mol. The molecule has 1 aromatic heterocycles. The van der Waals surface area contributed by atoms with E-state index in [1.807, 2.05) is 12.1 Å². The number of nitrogens with two attached hydrogens (primary N) is 1. The van der Waals surface area contributed by atoms with E-state index in [-0.39, 0.29) is 16.5 Å². The van der Waals surface area contributed by atoms with Crippen LogP contribution in [0.4, 0.5) is 4.39 Å². The molecule has 186 valence electrons. The minimum absolute atomic E-state index is 0.0680. The van der Waals surface area contributed by atoms with Gasteiger partial charge < -0.3 is 10.4 Å². The highest BCUT2D eigenvalue weighted by atomic mass is 32.2. The number of aromatic hydroxyl groups is 1. The van der Waals surface area contributed by atoms with Crippen LogP contribution in [0.2, 0.25) is 0 Å². The summed E-state index contributed by atoms with van der Waals surface area (Å²) >= 11 is 0. The van der Waals surface area contributed by atoms with Crippen molar-refractivity contribution in [2.75, 3.05) is 13.1 Å². The summed E-state index contributed by atoms with van der Waals surface area (Å²) in [5.74, 6) is 0.273. The number of hydrogen-bond donors (Lipinski definition) is 3. The van der Waals surface area contributed by atoms with Gasteiger partial charge in [0.1, 0.15) is 28.4 Å². The smallest absolute Gasteiger partial charge is 0.133 e. The Kier molecular flexibility index (Phi) is 8.22. The third-order valence-electron chi connectivity index (χ3n) is 6.40. The minimum atomic E-state index is -1.72. The number of phenols is 1. The number of nitrogens with zero attached hydrogens (tertiary/aromatic N) is 3.